The lowest BCUT2D eigenvalue weighted by atomic mass is 9.98. The van der Waals surface area contributed by atoms with Crippen LogP contribution in [-0.2, 0) is 4.74 Å². The molecule has 3 aromatic rings. The number of hydrogen-bond donors (Lipinski definition) is 0. The maximum Gasteiger partial charge on any atom is 0.338 e. The fraction of sp³-hybridized carbons (Fsp3) is 0.192. The fourth-order valence-electron chi connectivity index (χ4n) is 3.31. The van der Waals surface area contributed by atoms with Crippen LogP contribution in [0, 0.1) is 0 Å². The van der Waals surface area contributed by atoms with Crippen LogP contribution >= 0.6 is 0 Å². The minimum atomic E-state index is -1.15. The highest BCUT2D eigenvalue weighted by Gasteiger charge is 2.28. The Balaban J connectivity index is 1.83. The number of ketones is 2. The minimum absolute atomic E-state index is 0.00595. The van der Waals surface area contributed by atoms with Gasteiger partial charge in [-0.2, -0.15) is 0 Å². The van der Waals surface area contributed by atoms with E-state index in [0.717, 1.165) is 0 Å². The van der Waals surface area contributed by atoms with Crippen molar-refractivity contribution < 1.29 is 28.6 Å². The number of rotatable bonds is 10. The molecule has 6 nitrogen and oxygen atoms in total. The molecule has 0 aliphatic heterocycles. The van der Waals surface area contributed by atoms with E-state index < -0.39 is 17.9 Å². The van der Waals surface area contributed by atoms with Crippen LogP contribution in [0.3, 0.4) is 0 Å². The second-order valence-electron chi connectivity index (χ2n) is 6.99. The number of esters is 1. The molecule has 0 fully saturated rings. The van der Waals surface area contributed by atoms with Gasteiger partial charge < -0.3 is 14.2 Å². The van der Waals surface area contributed by atoms with Crippen LogP contribution in [0.5, 0.6) is 11.5 Å². The third-order valence-corrected chi connectivity index (χ3v) is 4.96. The average molecular weight is 432 g/mol. The van der Waals surface area contributed by atoms with Gasteiger partial charge in [0.2, 0.25) is 5.78 Å². The van der Waals surface area contributed by atoms with Crippen molar-refractivity contribution in [3.05, 3.63) is 95.6 Å². The molecule has 0 spiro atoms. The maximum atomic E-state index is 13.3. The summed E-state index contributed by atoms with van der Waals surface area (Å²) < 4.78 is 16.1. The molecule has 0 aromatic heterocycles. The zero-order valence-electron chi connectivity index (χ0n) is 17.9. The summed E-state index contributed by atoms with van der Waals surface area (Å²) in [6.45, 7) is 0. The van der Waals surface area contributed by atoms with Gasteiger partial charge in [-0.25, -0.2) is 4.79 Å². The van der Waals surface area contributed by atoms with Gasteiger partial charge in [-0.3, -0.25) is 9.59 Å². The molecular formula is C26H24O6. The van der Waals surface area contributed by atoms with E-state index in [4.69, 9.17) is 14.2 Å². The Hall–Kier alpha value is -3.93. The molecule has 0 saturated carbocycles. The molecule has 0 heterocycles. The smallest absolute Gasteiger partial charge is 0.338 e. The summed E-state index contributed by atoms with van der Waals surface area (Å²) in [6.07, 6.45) is -1.14. The molecule has 3 rings (SSSR count). The molecule has 0 bridgehead atoms. The summed E-state index contributed by atoms with van der Waals surface area (Å²) in [5.41, 5.74) is 1.01. The first-order valence-electron chi connectivity index (χ1n) is 10.1. The highest BCUT2D eigenvalue weighted by molar-refractivity contribution is 6.04. The van der Waals surface area contributed by atoms with Crippen LogP contribution in [0.25, 0.3) is 0 Å². The molecule has 6 heteroatoms. The molecule has 3 aromatic carbocycles. The minimum Gasteiger partial charge on any atom is -0.496 e. The van der Waals surface area contributed by atoms with Gasteiger partial charge in [0.25, 0.3) is 0 Å². The Kier molecular flexibility index (Phi) is 7.75. The topological polar surface area (TPSA) is 78.9 Å². The Morgan fingerprint density at radius 2 is 1.25 bits per heavy atom. The van der Waals surface area contributed by atoms with E-state index in [2.05, 4.69) is 0 Å². The van der Waals surface area contributed by atoms with E-state index in [-0.39, 0.29) is 24.2 Å². The van der Waals surface area contributed by atoms with Crippen LogP contribution in [-0.4, -0.2) is 37.9 Å². The maximum absolute atomic E-state index is 13.3. The average Bonchev–Trinajstić information content (AvgIpc) is 2.86. The lowest BCUT2D eigenvalue weighted by Crippen LogP contribution is -2.29. The molecule has 0 unspecified atom stereocenters. The first kappa shape index (κ1) is 22.7. The molecule has 0 N–H and O–H groups in total. The molecule has 1 atom stereocenters. The molecule has 0 aliphatic rings. The predicted octanol–water partition coefficient (Wildman–Crippen LogP) is 4.78. The quantitative estimate of drug-likeness (QED) is 0.339. The molecule has 0 amide bonds. The number of ether oxygens (including phenoxy) is 3. The van der Waals surface area contributed by atoms with Crippen LogP contribution in [0.15, 0.2) is 78.9 Å². The van der Waals surface area contributed by atoms with Gasteiger partial charge in [-0.15, -0.1) is 0 Å². The SMILES string of the molecule is COc1ccccc1C(=O)CC[C@@H](OC(=O)c1ccccc1)C(=O)c1ccccc1OC. The number of Topliss-reactive ketones (excluding diaryl/α,β-unsaturated/α-hetero) is 2. The van der Waals surface area contributed by atoms with Crippen LogP contribution in [0.2, 0.25) is 0 Å². The van der Waals surface area contributed by atoms with E-state index in [9.17, 15) is 14.4 Å². The second-order valence-corrected chi connectivity index (χ2v) is 6.99. The van der Waals surface area contributed by atoms with Crippen LogP contribution in [0.1, 0.15) is 43.9 Å². The summed E-state index contributed by atoms with van der Waals surface area (Å²) in [7, 11) is 2.95. The van der Waals surface area contributed by atoms with Crippen molar-refractivity contribution in [2.75, 3.05) is 14.2 Å². The standard InChI is InChI=1S/C26H24O6/c1-30-22-14-8-6-12-19(22)21(27)16-17-24(32-26(29)18-10-4-3-5-11-18)25(28)20-13-7-9-15-23(20)31-2/h3-15,24H,16-17H2,1-2H3/t24-/m1/s1. The van der Waals surface area contributed by atoms with Gasteiger partial charge in [0.15, 0.2) is 11.9 Å². The summed E-state index contributed by atoms with van der Waals surface area (Å²) in [5.74, 6) is -0.458. The second kappa shape index (κ2) is 10.9. The van der Waals surface area contributed by atoms with Gasteiger partial charge in [0.1, 0.15) is 11.5 Å². The summed E-state index contributed by atoms with van der Waals surface area (Å²) >= 11 is 0. The van der Waals surface area contributed by atoms with Crippen molar-refractivity contribution in [1.29, 1.82) is 0 Å². The molecule has 0 aliphatic carbocycles. The Bertz CT molecular complexity index is 1090. The van der Waals surface area contributed by atoms with Crippen LogP contribution in [0.4, 0.5) is 0 Å². The third-order valence-electron chi connectivity index (χ3n) is 4.96. The van der Waals surface area contributed by atoms with Crippen molar-refractivity contribution >= 4 is 17.5 Å². The number of carbonyl (C=O) groups excluding carboxylic acids is 3. The Morgan fingerprint density at radius 3 is 1.88 bits per heavy atom. The van der Waals surface area contributed by atoms with Crippen molar-refractivity contribution in [3.63, 3.8) is 0 Å². The van der Waals surface area contributed by atoms with Crippen molar-refractivity contribution in [2.24, 2.45) is 0 Å². The number of carbonyl (C=O) groups is 3. The normalized spacial score (nSPS) is 11.3. The van der Waals surface area contributed by atoms with E-state index in [1.54, 1.807) is 78.9 Å². The number of benzene rings is 3. The van der Waals surface area contributed by atoms with Gasteiger partial charge in [0.05, 0.1) is 30.9 Å². The zero-order chi connectivity index (χ0) is 22.9. The van der Waals surface area contributed by atoms with Gasteiger partial charge in [0, 0.05) is 6.42 Å². The van der Waals surface area contributed by atoms with E-state index in [0.29, 0.717) is 22.6 Å². The molecular weight excluding hydrogens is 408 g/mol. The number of methoxy groups -OCH3 is 2. The summed E-state index contributed by atoms with van der Waals surface area (Å²) in [5, 5.41) is 0. The van der Waals surface area contributed by atoms with Crippen molar-refractivity contribution in [1.82, 2.24) is 0 Å². The third kappa shape index (κ3) is 5.40. The Labute approximate surface area is 186 Å². The molecule has 0 radical (unpaired) electrons. The summed E-state index contributed by atoms with van der Waals surface area (Å²) in [4.78, 5) is 38.7. The Morgan fingerprint density at radius 1 is 0.719 bits per heavy atom. The zero-order valence-corrected chi connectivity index (χ0v) is 17.9. The predicted molar refractivity (Wildman–Crippen MR) is 120 cm³/mol. The first-order valence-corrected chi connectivity index (χ1v) is 10.1. The van der Waals surface area contributed by atoms with Crippen molar-refractivity contribution in [2.45, 2.75) is 18.9 Å². The van der Waals surface area contributed by atoms with E-state index in [1.165, 1.54) is 14.2 Å². The van der Waals surface area contributed by atoms with Gasteiger partial charge in [-0.1, -0.05) is 42.5 Å². The molecule has 164 valence electrons. The highest BCUT2D eigenvalue weighted by Crippen LogP contribution is 2.24. The lowest BCUT2D eigenvalue weighted by molar-refractivity contribution is 0.0261. The molecule has 32 heavy (non-hydrogen) atoms. The van der Waals surface area contributed by atoms with E-state index in [1.807, 2.05) is 0 Å². The molecule has 0 saturated heterocycles. The highest BCUT2D eigenvalue weighted by atomic mass is 16.5. The van der Waals surface area contributed by atoms with Gasteiger partial charge >= 0.3 is 5.97 Å². The van der Waals surface area contributed by atoms with Crippen LogP contribution < -0.4 is 9.47 Å². The van der Waals surface area contributed by atoms with E-state index >= 15 is 0 Å². The lowest BCUT2D eigenvalue weighted by Gasteiger charge is -2.18. The number of para-hydroxylation sites is 2. The summed E-state index contributed by atoms with van der Waals surface area (Å²) in [6, 6.07) is 22.0. The number of hydrogen-bond acceptors (Lipinski definition) is 6. The fourth-order valence-corrected chi connectivity index (χ4v) is 3.31. The largest absolute Gasteiger partial charge is 0.496 e. The van der Waals surface area contributed by atoms with Crippen molar-refractivity contribution in [3.8, 4) is 11.5 Å². The monoisotopic (exact) mass is 432 g/mol. The first-order chi connectivity index (χ1) is 15.5. The van der Waals surface area contributed by atoms with Gasteiger partial charge in [-0.05, 0) is 42.8 Å².